The molecule has 0 radical (unpaired) electrons. The second kappa shape index (κ2) is 3.96. The predicted molar refractivity (Wildman–Crippen MR) is 54.8 cm³/mol. The summed E-state index contributed by atoms with van der Waals surface area (Å²) in [7, 11) is 1.51. The molecule has 0 aliphatic heterocycles. The van der Waals surface area contributed by atoms with Crippen LogP contribution in [-0.2, 0) is 5.54 Å². The van der Waals surface area contributed by atoms with Crippen molar-refractivity contribution in [3.63, 3.8) is 0 Å². The van der Waals surface area contributed by atoms with Gasteiger partial charge in [0, 0.05) is 17.2 Å². The summed E-state index contributed by atoms with van der Waals surface area (Å²) in [6, 6.07) is 4.76. The molecule has 1 aromatic carbocycles. The molecule has 0 fully saturated rings. The highest BCUT2D eigenvalue weighted by molar-refractivity contribution is 5.32. The molecule has 0 aromatic heterocycles. The van der Waals surface area contributed by atoms with Gasteiger partial charge in [-0.1, -0.05) is 13.0 Å². The van der Waals surface area contributed by atoms with Crippen LogP contribution in [0.3, 0.4) is 0 Å². The number of hydrogen-bond acceptors (Lipinski definition) is 2. The van der Waals surface area contributed by atoms with Gasteiger partial charge < -0.3 is 10.5 Å². The summed E-state index contributed by atoms with van der Waals surface area (Å²) in [5.74, 6) is 0.203. The minimum Gasteiger partial charge on any atom is -0.497 e. The lowest BCUT2D eigenvalue weighted by molar-refractivity contribution is 0.404. The molecule has 78 valence electrons. The van der Waals surface area contributed by atoms with E-state index in [1.165, 1.54) is 13.2 Å². The first-order valence-corrected chi connectivity index (χ1v) is 4.64. The molecule has 0 bridgehead atoms. The molecule has 0 amide bonds. The summed E-state index contributed by atoms with van der Waals surface area (Å²) < 4.78 is 18.5. The Labute approximate surface area is 83.9 Å². The molecule has 0 saturated carbocycles. The molecule has 0 aliphatic rings. The molecular formula is C11H16FNO. The second-order valence-corrected chi connectivity index (χ2v) is 3.62. The first-order chi connectivity index (χ1) is 6.51. The van der Waals surface area contributed by atoms with Crippen LogP contribution in [0.4, 0.5) is 4.39 Å². The second-order valence-electron chi connectivity index (χ2n) is 3.62. The highest BCUT2D eigenvalue weighted by Gasteiger charge is 2.22. The van der Waals surface area contributed by atoms with Gasteiger partial charge in [-0.25, -0.2) is 4.39 Å². The molecule has 14 heavy (non-hydrogen) atoms. The third-order valence-electron chi connectivity index (χ3n) is 2.53. The molecule has 2 N–H and O–H groups in total. The predicted octanol–water partition coefficient (Wildman–Crippen LogP) is 2.42. The molecule has 0 heterocycles. The van der Waals surface area contributed by atoms with Gasteiger partial charge in [0.15, 0.2) is 0 Å². The van der Waals surface area contributed by atoms with E-state index in [1.807, 2.05) is 13.8 Å². The molecule has 0 spiro atoms. The summed E-state index contributed by atoms with van der Waals surface area (Å²) >= 11 is 0. The average Bonchev–Trinajstić information content (AvgIpc) is 2.17. The molecule has 0 unspecified atom stereocenters. The fraction of sp³-hybridized carbons (Fsp3) is 0.455. The van der Waals surface area contributed by atoms with Crippen molar-refractivity contribution >= 4 is 0 Å². The van der Waals surface area contributed by atoms with Gasteiger partial charge in [0.05, 0.1) is 7.11 Å². The van der Waals surface area contributed by atoms with Crippen molar-refractivity contribution in [2.24, 2.45) is 5.73 Å². The fourth-order valence-electron chi connectivity index (χ4n) is 1.28. The maximum atomic E-state index is 13.6. The van der Waals surface area contributed by atoms with Crippen molar-refractivity contribution in [2.75, 3.05) is 7.11 Å². The van der Waals surface area contributed by atoms with Crippen LogP contribution < -0.4 is 10.5 Å². The van der Waals surface area contributed by atoms with Gasteiger partial charge in [0.1, 0.15) is 11.6 Å². The average molecular weight is 197 g/mol. The third-order valence-corrected chi connectivity index (χ3v) is 2.53. The molecule has 3 heteroatoms. The van der Waals surface area contributed by atoms with Crippen LogP contribution in [0.1, 0.15) is 25.8 Å². The maximum absolute atomic E-state index is 13.6. The van der Waals surface area contributed by atoms with E-state index in [0.29, 0.717) is 17.7 Å². The van der Waals surface area contributed by atoms with Crippen molar-refractivity contribution < 1.29 is 9.13 Å². The Bertz CT molecular complexity index is 323. The molecule has 1 rings (SSSR count). The van der Waals surface area contributed by atoms with Gasteiger partial charge in [-0.2, -0.15) is 0 Å². The van der Waals surface area contributed by atoms with Crippen LogP contribution in [0.25, 0.3) is 0 Å². The van der Waals surface area contributed by atoms with Crippen molar-refractivity contribution in [3.8, 4) is 5.75 Å². The molecular weight excluding hydrogens is 181 g/mol. The quantitative estimate of drug-likeness (QED) is 0.807. The van der Waals surface area contributed by atoms with Crippen molar-refractivity contribution in [1.29, 1.82) is 0 Å². The Hall–Kier alpha value is -1.09. The molecule has 0 saturated heterocycles. The molecule has 2 nitrogen and oxygen atoms in total. The number of methoxy groups -OCH3 is 1. The molecule has 0 aliphatic carbocycles. The van der Waals surface area contributed by atoms with E-state index < -0.39 is 5.54 Å². The molecule has 1 aromatic rings. The van der Waals surface area contributed by atoms with Gasteiger partial charge in [0.2, 0.25) is 0 Å². The lowest BCUT2D eigenvalue weighted by Crippen LogP contribution is -2.33. The van der Waals surface area contributed by atoms with Crippen molar-refractivity contribution in [1.82, 2.24) is 0 Å². The Balaban J connectivity index is 3.12. The summed E-state index contributed by atoms with van der Waals surface area (Å²) in [5.41, 5.74) is 5.86. The van der Waals surface area contributed by atoms with E-state index in [9.17, 15) is 4.39 Å². The van der Waals surface area contributed by atoms with E-state index in [4.69, 9.17) is 10.5 Å². The third kappa shape index (κ3) is 2.04. The van der Waals surface area contributed by atoms with Crippen molar-refractivity contribution in [3.05, 3.63) is 29.6 Å². The topological polar surface area (TPSA) is 35.2 Å². The van der Waals surface area contributed by atoms with Gasteiger partial charge in [-0.05, 0) is 19.4 Å². The van der Waals surface area contributed by atoms with Crippen LogP contribution in [0.15, 0.2) is 18.2 Å². The van der Waals surface area contributed by atoms with Gasteiger partial charge in [-0.15, -0.1) is 0 Å². The highest BCUT2D eigenvalue weighted by Crippen LogP contribution is 2.26. The zero-order valence-electron chi connectivity index (χ0n) is 8.80. The lowest BCUT2D eigenvalue weighted by atomic mass is 9.90. The van der Waals surface area contributed by atoms with Gasteiger partial charge in [0.25, 0.3) is 0 Å². The molecule has 1 atom stereocenters. The number of ether oxygens (including phenoxy) is 1. The minimum atomic E-state index is -0.615. The Kier molecular flexibility index (Phi) is 3.11. The van der Waals surface area contributed by atoms with Crippen LogP contribution in [-0.4, -0.2) is 7.11 Å². The standard InChI is InChI=1S/C11H16FNO/c1-4-11(2,13)9-6-5-8(14-3)7-10(9)12/h5-7H,4,13H2,1-3H3/t11-/m1/s1. The Morgan fingerprint density at radius 2 is 2.14 bits per heavy atom. The first kappa shape index (κ1) is 11.0. The SMILES string of the molecule is CC[C@@](C)(N)c1ccc(OC)cc1F. The van der Waals surface area contributed by atoms with Crippen molar-refractivity contribution in [2.45, 2.75) is 25.8 Å². The highest BCUT2D eigenvalue weighted by atomic mass is 19.1. The monoisotopic (exact) mass is 197 g/mol. The van der Waals surface area contributed by atoms with Crippen LogP contribution >= 0.6 is 0 Å². The number of halogens is 1. The fourth-order valence-corrected chi connectivity index (χ4v) is 1.28. The number of benzene rings is 1. The number of hydrogen-bond donors (Lipinski definition) is 1. The zero-order valence-corrected chi connectivity index (χ0v) is 8.80. The van der Waals surface area contributed by atoms with E-state index in [2.05, 4.69) is 0 Å². The van der Waals surface area contributed by atoms with Gasteiger partial charge >= 0.3 is 0 Å². The van der Waals surface area contributed by atoms with Crippen LogP contribution in [0, 0.1) is 5.82 Å². The van der Waals surface area contributed by atoms with Gasteiger partial charge in [-0.3, -0.25) is 0 Å². The lowest BCUT2D eigenvalue weighted by Gasteiger charge is -2.24. The van der Waals surface area contributed by atoms with E-state index >= 15 is 0 Å². The number of nitrogens with two attached hydrogens (primary N) is 1. The number of rotatable bonds is 3. The summed E-state index contributed by atoms with van der Waals surface area (Å²) in [6.45, 7) is 3.75. The summed E-state index contributed by atoms with van der Waals surface area (Å²) in [6.07, 6.45) is 0.691. The Morgan fingerprint density at radius 3 is 2.57 bits per heavy atom. The zero-order chi connectivity index (χ0) is 10.8. The summed E-state index contributed by atoms with van der Waals surface area (Å²) in [5, 5.41) is 0. The van der Waals surface area contributed by atoms with E-state index in [-0.39, 0.29) is 5.82 Å². The first-order valence-electron chi connectivity index (χ1n) is 4.64. The minimum absolute atomic E-state index is 0.309. The maximum Gasteiger partial charge on any atom is 0.131 e. The summed E-state index contributed by atoms with van der Waals surface area (Å²) in [4.78, 5) is 0. The Morgan fingerprint density at radius 1 is 1.50 bits per heavy atom. The van der Waals surface area contributed by atoms with Crippen LogP contribution in [0.2, 0.25) is 0 Å². The van der Waals surface area contributed by atoms with E-state index in [0.717, 1.165) is 0 Å². The largest absolute Gasteiger partial charge is 0.497 e. The van der Waals surface area contributed by atoms with E-state index in [1.54, 1.807) is 12.1 Å². The smallest absolute Gasteiger partial charge is 0.131 e. The van der Waals surface area contributed by atoms with Crippen LogP contribution in [0.5, 0.6) is 5.75 Å². The normalized spacial score (nSPS) is 14.9.